The monoisotopic (exact) mass is 614 g/mol. The number of fused-ring (bicyclic) bond motifs is 3. The van der Waals surface area contributed by atoms with Crippen LogP contribution in [0.5, 0.6) is 5.75 Å². The average Bonchev–Trinajstić information content (AvgIpc) is 3.46. The van der Waals surface area contributed by atoms with Crippen molar-refractivity contribution in [2.24, 2.45) is 13.0 Å². The number of nitrogens with one attached hydrogen (secondary N) is 1. The van der Waals surface area contributed by atoms with Gasteiger partial charge in [-0.05, 0) is 50.8 Å². The van der Waals surface area contributed by atoms with Gasteiger partial charge in [-0.25, -0.2) is 19.7 Å². The second-order valence-corrected chi connectivity index (χ2v) is 12.3. The molecule has 1 saturated carbocycles. The van der Waals surface area contributed by atoms with Gasteiger partial charge in [0.1, 0.15) is 17.9 Å². The van der Waals surface area contributed by atoms with Crippen molar-refractivity contribution in [1.82, 2.24) is 38.9 Å². The van der Waals surface area contributed by atoms with Crippen LogP contribution in [0.1, 0.15) is 48.8 Å². The van der Waals surface area contributed by atoms with Gasteiger partial charge in [0.2, 0.25) is 5.95 Å². The quantitative estimate of drug-likeness (QED) is 0.234. The van der Waals surface area contributed by atoms with Crippen molar-refractivity contribution in [3.63, 3.8) is 0 Å². The lowest BCUT2D eigenvalue weighted by atomic mass is 10.0. The molecule has 0 radical (unpaired) electrons. The summed E-state index contributed by atoms with van der Waals surface area (Å²) in [7, 11) is 1.95. The molecule has 0 saturated heterocycles. The number of carbonyl (C=O) groups is 2. The van der Waals surface area contributed by atoms with Gasteiger partial charge in [-0.15, -0.1) is 0 Å². The van der Waals surface area contributed by atoms with Crippen molar-refractivity contribution in [3.05, 3.63) is 60.1 Å². The van der Waals surface area contributed by atoms with Crippen molar-refractivity contribution in [2.45, 2.75) is 51.7 Å². The van der Waals surface area contributed by atoms with Crippen LogP contribution in [0.2, 0.25) is 0 Å². The first kappa shape index (κ1) is 28.8. The van der Waals surface area contributed by atoms with Crippen LogP contribution in [0.25, 0.3) is 33.6 Å². The van der Waals surface area contributed by atoms with E-state index in [0.29, 0.717) is 42.2 Å². The van der Waals surface area contributed by atoms with E-state index in [1.54, 1.807) is 16.4 Å². The third-order valence-electron chi connectivity index (χ3n) is 8.73. The van der Waals surface area contributed by atoms with E-state index in [1.165, 1.54) is 25.4 Å². The van der Waals surface area contributed by atoms with Crippen LogP contribution in [0.3, 0.4) is 0 Å². The summed E-state index contributed by atoms with van der Waals surface area (Å²) in [5.41, 5.74) is 4.47. The van der Waals surface area contributed by atoms with Crippen molar-refractivity contribution >= 4 is 34.1 Å². The maximum atomic E-state index is 13.5. The molecule has 1 aromatic carbocycles. The fraction of sp³-hybridized carbons (Fsp3) is 0.406. The Morgan fingerprint density at radius 1 is 1.22 bits per heavy atom. The molecule has 45 heavy (non-hydrogen) atoms. The van der Waals surface area contributed by atoms with Crippen LogP contribution in [0.15, 0.2) is 42.9 Å². The maximum Gasteiger partial charge on any atom is 0.404 e. The molecule has 2 aliphatic rings. The highest BCUT2D eigenvalue weighted by atomic mass is 19.1. The molecule has 4 aromatic heterocycles. The number of halogens is 1. The van der Waals surface area contributed by atoms with Crippen molar-refractivity contribution < 1.29 is 23.8 Å². The molecule has 2 N–H and O–H groups in total. The Balaban J connectivity index is 1.24. The zero-order chi connectivity index (χ0) is 31.4. The number of hydrogen-bond acceptors (Lipinski definition) is 6. The minimum Gasteiger partial charge on any atom is -0.489 e. The summed E-state index contributed by atoms with van der Waals surface area (Å²) in [5.74, 6) is 1.37. The van der Waals surface area contributed by atoms with E-state index in [4.69, 9.17) is 19.8 Å². The Kier molecular flexibility index (Phi) is 7.17. The van der Waals surface area contributed by atoms with E-state index in [1.807, 2.05) is 36.7 Å². The number of imidazole rings is 2. The number of pyridine rings is 1. The third-order valence-corrected chi connectivity index (χ3v) is 8.73. The van der Waals surface area contributed by atoms with E-state index in [-0.39, 0.29) is 18.5 Å². The van der Waals surface area contributed by atoms with E-state index < -0.39 is 18.1 Å². The molecule has 2 atom stereocenters. The van der Waals surface area contributed by atoms with Crippen LogP contribution in [-0.2, 0) is 20.0 Å². The summed E-state index contributed by atoms with van der Waals surface area (Å²) in [4.78, 5) is 39.7. The Hall–Kier alpha value is -4.94. The molecule has 234 valence electrons. The topological polar surface area (TPSA) is 132 Å². The third kappa shape index (κ3) is 5.47. The number of carbonyl (C=O) groups excluding carboxylic acids is 1. The molecule has 2 amide bonds. The van der Waals surface area contributed by atoms with Gasteiger partial charge in [0.05, 0.1) is 41.0 Å². The SMILES string of the molecule is CC(CN1CCc2nc3c(cc2C1=O)nc(-c1cc2cccc(OCC(C)n4cnc(F)c4)c2n1CC1CC1)n3C)NC(=O)O. The second-order valence-electron chi connectivity index (χ2n) is 12.3. The highest BCUT2D eigenvalue weighted by Gasteiger charge is 2.30. The molecule has 1 fully saturated rings. The molecule has 7 rings (SSSR count). The predicted molar refractivity (Wildman–Crippen MR) is 165 cm³/mol. The van der Waals surface area contributed by atoms with Crippen LogP contribution in [0.4, 0.5) is 9.18 Å². The highest BCUT2D eigenvalue weighted by molar-refractivity contribution is 5.99. The minimum atomic E-state index is -1.12. The van der Waals surface area contributed by atoms with E-state index in [0.717, 1.165) is 40.4 Å². The molecular weight excluding hydrogens is 579 g/mol. The van der Waals surface area contributed by atoms with E-state index in [2.05, 4.69) is 27.0 Å². The van der Waals surface area contributed by atoms with Gasteiger partial charge in [-0.3, -0.25) is 4.79 Å². The molecular formula is C32H35FN8O4. The number of ether oxygens (including phenoxy) is 1. The number of aromatic nitrogens is 6. The predicted octanol–water partition coefficient (Wildman–Crippen LogP) is 4.63. The van der Waals surface area contributed by atoms with Crippen molar-refractivity contribution in [1.29, 1.82) is 0 Å². The summed E-state index contributed by atoms with van der Waals surface area (Å²) >= 11 is 0. The number of carboxylic acid groups (broad SMARTS) is 1. The van der Waals surface area contributed by atoms with Crippen molar-refractivity contribution in [3.8, 4) is 17.3 Å². The number of aryl methyl sites for hydroxylation is 1. The Morgan fingerprint density at radius 3 is 2.78 bits per heavy atom. The molecule has 2 unspecified atom stereocenters. The summed E-state index contributed by atoms with van der Waals surface area (Å²) in [6.45, 7) is 5.61. The van der Waals surface area contributed by atoms with Gasteiger partial charge < -0.3 is 33.8 Å². The summed E-state index contributed by atoms with van der Waals surface area (Å²) in [5, 5.41) is 12.5. The largest absolute Gasteiger partial charge is 0.489 e. The van der Waals surface area contributed by atoms with Gasteiger partial charge in [0.15, 0.2) is 11.5 Å². The van der Waals surface area contributed by atoms with Gasteiger partial charge in [-0.2, -0.15) is 4.39 Å². The van der Waals surface area contributed by atoms with E-state index >= 15 is 0 Å². The lowest BCUT2D eigenvalue weighted by Gasteiger charge is -2.30. The summed E-state index contributed by atoms with van der Waals surface area (Å²) in [6.07, 6.45) is 4.63. The van der Waals surface area contributed by atoms with Gasteiger partial charge in [-0.1, -0.05) is 12.1 Å². The number of rotatable bonds is 10. The van der Waals surface area contributed by atoms with E-state index in [9.17, 15) is 14.0 Å². The average molecular weight is 615 g/mol. The molecule has 0 bridgehead atoms. The zero-order valence-electron chi connectivity index (χ0n) is 25.4. The smallest absolute Gasteiger partial charge is 0.404 e. The van der Waals surface area contributed by atoms with Gasteiger partial charge >= 0.3 is 6.09 Å². The number of nitrogens with zero attached hydrogens (tertiary/aromatic N) is 7. The molecule has 12 nitrogen and oxygen atoms in total. The van der Waals surface area contributed by atoms with Crippen LogP contribution in [0, 0.1) is 11.9 Å². The Labute approximate surface area is 258 Å². The highest BCUT2D eigenvalue weighted by Crippen LogP contribution is 2.39. The normalized spacial score (nSPS) is 16.3. The molecule has 5 aromatic rings. The molecule has 1 aliphatic carbocycles. The summed E-state index contributed by atoms with van der Waals surface area (Å²) in [6, 6.07) is 9.43. The van der Waals surface area contributed by atoms with Crippen LogP contribution < -0.4 is 10.1 Å². The minimum absolute atomic E-state index is 0.115. The summed E-state index contributed by atoms with van der Waals surface area (Å²) < 4.78 is 25.8. The fourth-order valence-electron chi connectivity index (χ4n) is 6.22. The number of para-hydroxylation sites is 1. The first-order chi connectivity index (χ1) is 21.7. The van der Waals surface area contributed by atoms with Gasteiger partial charge in [0, 0.05) is 44.5 Å². The maximum absolute atomic E-state index is 13.5. The lowest BCUT2D eigenvalue weighted by Crippen LogP contribution is -2.46. The Morgan fingerprint density at radius 2 is 2.04 bits per heavy atom. The number of hydrogen-bond donors (Lipinski definition) is 2. The molecule has 13 heteroatoms. The standard InChI is InChI=1S/C32H35FN8O4/c1-18(35-32(43)44)13-39-10-9-23-22(31(39)42)12-24-29(36-23)38(3)30(37-24)25-11-21-5-4-6-26(28(21)41(25)14-20-7-8-20)45-16-19(2)40-15-27(33)34-17-40/h4-6,11-12,15,17-20,35H,7-10,13-14,16H2,1-3H3,(H,43,44). The van der Waals surface area contributed by atoms with Crippen LogP contribution >= 0.6 is 0 Å². The number of amides is 2. The number of benzene rings is 1. The second kappa shape index (κ2) is 11.2. The molecule has 1 aliphatic heterocycles. The Bertz CT molecular complexity index is 1940. The lowest BCUT2D eigenvalue weighted by molar-refractivity contribution is 0.0722. The van der Waals surface area contributed by atoms with Crippen LogP contribution in [-0.4, -0.2) is 76.4 Å². The molecule has 0 spiro atoms. The first-order valence-corrected chi connectivity index (χ1v) is 15.3. The zero-order valence-corrected chi connectivity index (χ0v) is 25.4. The van der Waals surface area contributed by atoms with Gasteiger partial charge in [0.25, 0.3) is 5.91 Å². The molecule has 5 heterocycles. The first-order valence-electron chi connectivity index (χ1n) is 15.3. The fourth-order valence-corrected chi connectivity index (χ4v) is 6.22. The van der Waals surface area contributed by atoms with Crippen molar-refractivity contribution in [2.75, 3.05) is 19.7 Å².